The first-order valence-electron chi connectivity index (χ1n) is 7.24. The second kappa shape index (κ2) is 11.0. The maximum atomic E-state index is 5.42. The molecule has 3 heteroatoms. The predicted octanol–water partition coefficient (Wildman–Crippen LogP) is 2.51. The third-order valence-electron chi connectivity index (χ3n) is 3.44. The van der Waals surface area contributed by atoms with Gasteiger partial charge in [0.2, 0.25) is 0 Å². The maximum Gasteiger partial charge on any atom is 0.0593 e. The summed E-state index contributed by atoms with van der Waals surface area (Å²) in [6, 6.07) is 1.25. The molecule has 0 aliphatic heterocycles. The Bertz CT molecular complexity index is 160. The minimum atomic E-state index is 0.584. The molecule has 0 bridgehead atoms. The first-order valence-corrected chi connectivity index (χ1v) is 7.24. The fourth-order valence-electron chi connectivity index (χ4n) is 2.06. The van der Waals surface area contributed by atoms with Crippen molar-refractivity contribution in [3.05, 3.63) is 0 Å². The van der Waals surface area contributed by atoms with Crippen LogP contribution in [-0.4, -0.2) is 49.8 Å². The van der Waals surface area contributed by atoms with E-state index in [1.807, 2.05) is 6.92 Å². The fourth-order valence-corrected chi connectivity index (χ4v) is 2.06. The van der Waals surface area contributed by atoms with Gasteiger partial charge in [0.05, 0.1) is 6.61 Å². The van der Waals surface area contributed by atoms with E-state index in [-0.39, 0.29) is 0 Å². The average molecular weight is 244 g/mol. The van der Waals surface area contributed by atoms with Crippen LogP contribution in [0.15, 0.2) is 0 Å². The molecule has 17 heavy (non-hydrogen) atoms. The van der Waals surface area contributed by atoms with Crippen molar-refractivity contribution < 1.29 is 4.74 Å². The molecule has 1 atom stereocenters. The van der Waals surface area contributed by atoms with Gasteiger partial charge < -0.3 is 10.1 Å². The Kier molecular flexibility index (Phi) is 10.9. The van der Waals surface area contributed by atoms with Crippen LogP contribution in [0.5, 0.6) is 0 Å². The van der Waals surface area contributed by atoms with Crippen LogP contribution in [0.25, 0.3) is 0 Å². The van der Waals surface area contributed by atoms with Crippen molar-refractivity contribution in [1.82, 2.24) is 10.2 Å². The SMILES string of the molecule is CCOCCN(CC)C(C)CNC(CC)CC. The van der Waals surface area contributed by atoms with Gasteiger partial charge in [0.15, 0.2) is 0 Å². The first-order chi connectivity index (χ1) is 8.19. The van der Waals surface area contributed by atoms with Crippen molar-refractivity contribution in [2.24, 2.45) is 0 Å². The number of ether oxygens (including phenoxy) is 1. The summed E-state index contributed by atoms with van der Waals surface area (Å²) in [5, 5.41) is 3.64. The summed E-state index contributed by atoms with van der Waals surface area (Å²) >= 11 is 0. The van der Waals surface area contributed by atoms with E-state index in [2.05, 4.69) is 37.9 Å². The van der Waals surface area contributed by atoms with E-state index in [4.69, 9.17) is 4.74 Å². The molecule has 0 saturated carbocycles. The summed E-state index contributed by atoms with van der Waals surface area (Å²) in [5.41, 5.74) is 0. The van der Waals surface area contributed by atoms with Crippen molar-refractivity contribution >= 4 is 0 Å². The number of likely N-dealkylation sites (N-methyl/N-ethyl adjacent to an activating group) is 1. The lowest BCUT2D eigenvalue weighted by Gasteiger charge is -2.29. The van der Waals surface area contributed by atoms with Crippen LogP contribution in [0.2, 0.25) is 0 Å². The Morgan fingerprint density at radius 3 is 2.24 bits per heavy atom. The van der Waals surface area contributed by atoms with E-state index < -0.39 is 0 Å². The quantitative estimate of drug-likeness (QED) is 0.565. The van der Waals surface area contributed by atoms with Gasteiger partial charge in [0, 0.05) is 31.8 Å². The molecule has 0 radical (unpaired) electrons. The zero-order valence-electron chi connectivity index (χ0n) is 12.5. The van der Waals surface area contributed by atoms with Crippen LogP contribution in [0, 0.1) is 0 Å². The summed E-state index contributed by atoms with van der Waals surface area (Å²) < 4.78 is 5.42. The van der Waals surface area contributed by atoms with E-state index in [9.17, 15) is 0 Å². The molecule has 0 aliphatic rings. The monoisotopic (exact) mass is 244 g/mol. The second-order valence-electron chi connectivity index (χ2n) is 4.60. The van der Waals surface area contributed by atoms with Crippen molar-refractivity contribution in [1.29, 1.82) is 0 Å². The molecule has 0 fully saturated rings. The van der Waals surface area contributed by atoms with Crippen LogP contribution in [0.4, 0.5) is 0 Å². The zero-order valence-corrected chi connectivity index (χ0v) is 12.5. The van der Waals surface area contributed by atoms with Crippen LogP contribution < -0.4 is 5.32 Å². The van der Waals surface area contributed by atoms with Crippen molar-refractivity contribution in [3.8, 4) is 0 Å². The Labute approximate surface area is 108 Å². The van der Waals surface area contributed by atoms with E-state index in [1.54, 1.807) is 0 Å². The van der Waals surface area contributed by atoms with E-state index in [1.165, 1.54) is 12.8 Å². The van der Waals surface area contributed by atoms with E-state index in [0.29, 0.717) is 12.1 Å². The molecule has 1 N–H and O–H groups in total. The van der Waals surface area contributed by atoms with Gasteiger partial charge in [0.1, 0.15) is 0 Å². The number of rotatable bonds is 11. The lowest BCUT2D eigenvalue weighted by molar-refractivity contribution is 0.0990. The maximum absolute atomic E-state index is 5.42. The van der Waals surface area contributed by atoms with Crippen LogP contribution >= 0.6 is 0 Å². The number of nitrogens with zero attached hydrogens (tertiary/aromatic N) is 1. The Balaban J connectivity index is 3.85. The summed E-state index contributed by atoms with van der Waals surface area (Å²) in [4.78, 5) is 2.48. The third kappa shape index (κ3) is 7.74. The number of hydrogen-bond donors (Lipinski definition) is 1. The van der Waals surface area contributed by atoms with Gasteiger partial charge in [-0.25, -0.2) is 0 Å². The van der Waals surface area contributed by atoms with Crippen LogP contribution in [0.3, 0.4) is 0 Å². The Morgan fingerprint density at radius 1 is 1.12 bits per heavy atom. The predicted molar refractivity (Wildman–Crippen MR) is 75.6 cm³/mol. The van der Waals surface area contributed by atoms with Crippen molar-refractivity contribution in [2.45, 2.75) is 59.5 Å². The van der Waals surface area contributed by atoms with Gasteiger partial charge >= 0.3 is 0 Å². The topological polar surface area (TPSA) is 24.5 Å². The first kappa shape index (κ1) is 16.9. The number of hydrogen-bond acceptors (Lipinski definition) is 3. The second-order valence-corrected chi connectivity index (χ2v) is 4.60. The Morgan fingerprint density at radius 2 is 1.76 bits per heavy atom. The zero-order chi connectivity index (χ0) is 13.1. The van der Waals surface area contributed by atoms with Gasteiger partial charge in [-0.1, -0.05) is 20.8 Å². The molecule has 0 aliphatic carbocycles. The minimum absolute atomic E-state index is 0.584. The number of nitrogens with one attached hydrogen (secondary N) is 1. The highest BCUT2D eigenvalue weighted by molar-refractivity contribution is 4.72. The molecular formula is C14H32N2O. The highest BCUT2D eigenvalue weighted by Crippen LogP contribution is 2.01. The molecule has 104 valence electrons. The average Bonchev–Trinajstić information content (AvgIpc) is 2.35. The standard InChI is InChI=1S/C14H32N2O/c1-6-14(7-2)15-12-13(5)16(8-3)10-11-17-9-4/h13-15H,6-12H2,1-5H3. The van der Waals surface area contributed by atoms with Gasteiger partial charge in [-0.2, -0.15) is 0 Å². The highest BCUT2D eigenvalue weighted by atomic mass is 16.5. The lowest BCUT2D eigenvalue weighted by atomic mass is 10.1. The molecule has 0 aromatic rings. The highest BCUT2D eigenvalue weighted by Gasteiger charge is 2.12. The smallest absolute Gasteiger partial charge is 0.0593 e. The lowest BCUT2D eigenvalue weighted by Crippen LogP contribution is -2.44. The molecule has 0 rings (SSSR count). The van der Waals surface area contributed by atoms with Gasteiger partial charge in [-0.3, -0.25) is 4.90 Å². The minimum Gasteiger partial charge on any atom is -0.380 e. The molecule has 0 amide bonds. The summed E-state index contributed by atoms with van der Waals surface area (Å²) in [6.07, 6.45) is 2.43. The molecule has 0 aromatic heterocycles. The van der Waals surface area contributed by atoms with E-state index in [0.717, 1.165) is 32.8 Å². The van der Waals surface area contributed by atoms with Crippen molar-refractivity contribution in [3.63, 3.8) is 0 Å². The normalized spacial score (nSPS) is 13.6. The Hall–Kier alpha value is -0.120. The molecule has 0 aromatic carbocycles. The third-order valence-corrected chi connectivity index (χ3v) is 3.44. The van der Waals surface area contributed by atoms with E-state index >= 15 is 0 Å². The summed E-state index contributed by atoms with van der Waals surface area (Å²) in [5.74, 6) is 0. The van der Waals surface area contributed by atoms with Crippen LogP contribution in [-0.2, 0) is 4.74 Å². The van der Waals surface area contributed by atoms with Gasteiger partial charge in [-0.15, -0.1) is 0 Å². The molecular weight excluding hydrogens is 212 g/mol. The largest absolute Gasteiger partial charge is 0.380 e. The van der Waals surface area contributed by atoms with Crippen LogP contribution in [0.1, 0.15) is 47.5 Å². The van der Waals surface area contributed by atoms with Crippen molar-refractivity contribution in [2.75, 3.05) is 32.8 Å². The van der Waals surface area contributed by atoms with Gasteiger partial charge in [0.25, 0.3) is 0 Å². The fraction of sp³-hybridized carbons (Fsp3) is 1.00. The summed E-state index contributed by atoms with van der Waals surface area (Å²) in [7, 11) is 0. The molecule has 0 heterocycles. The molecule has 0 spiro atoms. The summed E-state index contributed by atoms with van der Waals surface area (Å²) in [6.45, 7) is 15.9. The molecule has 0 saturated heterocycles. The molecule has 1 unspecified atom stereocenters. The molecule has 3 nitrogen and oxygen atoms in total. The van der Waals surface area contributed by atoms with Gasteiger partial charge in [-0.05, 0) is 33.2 Å².